The highest BCUT2D eigenvalue weighted by Gasteiger charge is 2.04. The van der Waals surface area contributed by atoms with Crippen molar-refractivity contribution in [3.63, 3.8) is 0 Å². The van der Waals surface area contributed by atoms with Gasteiger partial charge in [0.1, 0.15) is 0 Å². The molecule has 1 unspecified atom stereocenters. The highest BCUT2D eigenvalue weighted by atomic mass is 127. The van der Waals surface area contributed by atoms with E-state index in [1.165, 1.54) is 9.13 Å². The number of nitrogens with two attached hydrogens (primary N) is 1. The molecule has 0 saturated carbocycles. The van der Waals surface area contributed by atoms with Crippen LogP contribution >= 0.6 is 22.6 Å². The van der Waals surface area contributed by atoms with E-state index in [0.29, 0.717) is 0 Å². The maximum absolute atomic E-state index is 5.93. The van der Waals surface area contributed by atoms with Crippen LogP contribution in [0.4, 0.5) is 0 Å². The van der Waals surface area contributed by atoms with E-state index in [-0.39, 0.29) is 6.04 Å². The third-order valence-corrected chi connectivity index (χ3v) is 3.68. The number of nitrogens with zero attached hydrogens (tertiary/aromatic N) is 2. The molecule has 0 bridgehead atoms. The average molecular weight is 355 g/mol. The van der Waals surface area contributed by atoms with Gasteiger partial charge in [0.15, 0.2) is 0 Å². The van der Waals surface area contributed by atoms with Crippen molar-refractivity contribution in [1.82, 2.24) is 9.55 Å². The van der Waals surface area contributed by atoms with E-state index in [1.54, 1.807) is 0 Å². The Morgan fingerprint density at radius 2 is 2.06 bits per heavy atom. The molecule has 0 spiro atoms. The molecule has 96 valence electrons. The maximum atomic E-state index is 5.93. The van der Waals surface area contributed by atoms with Crippen LogP contribution in [-0.2, 0) is 13.0 Å². The second-order valence-electron chi connectivity index (χ2n) is 4.54. The Morgan fingerprint density at radius 3 is 2.72 bits per heavy atom. The SMILES string of the molecule is CCC(N)Cc1cn(Cc2ccc(I)cc2)cn1. The summed E-state index contributed by atoms with van der Waals surface area (Å²) >= 11 is 2.32. The summed E-state index contributed by atoms with van der Waals surface area (Å²) in [5.41, 5.74) is 8.30. The molecule has 0 saturated heterocycles. The molecule has 0 amide bonds. The lowest BCUT2D eigenvalue weighted by Gasteiger charge is -2.05. The Hall–Kier alpha value is -0.880. The quantitative estimate of drug-likeness (QED) is 0.839. The molecule has 2 rings (SSSR count). The highest BCUT2D eigenvalue weighted by molar-refractivity contribution is 14.1. The van der Waals surface area contributed by atoms with Crippen molar-refractivity contribution in [1.29, 1.82) is 0 Å². The maximum Gasteiger partial charge on any atom is 0.0952 e. The summed E-state index contributed by atoms with van der Waals surface area (Å²) < 4.78 is 3.37. The molecule has 3 nitrogen and oxygen atoms in total. The third-order valence-electron chi connectivity index (χ3n) is 2.96. The van der Waals surface area contributed by atoms with E-state index < -0.39 is 0 Å². The number of benzene rings is 1. The van der Waals surface area contributed by atoms with Gasteiger partial charge in [-0.15, -0.1) is 0 Å². The standard InChI is InChI=1S/C14H18IN3/c1-2-13(16)7-14-9-18(10-17-14)8-11-3-5-12(15)6-4-11/h3-6,9-10,13H,2,7-8,16H2,1H3. The van der Waals surface area contributed by atoms with Gasteiger partial charge in [-0.25, -0.2) is 4.98 Å². The molecule has 0 fully saturated rings. The average Bonchev–Trinajstić information content (AvgIpc) is 2.79. The molecule has 4 heteroatoms. The molecule has 0 aliphatic heterocycles. The zero-order valence-electron chi connectivity index (χ0n) is 10.5. The molecule has 1 heterocycles. The molecule has 2 aromatic rings. The van der Waals surface area contributed by atoms with Gasteiger partial charge in [-0.1, -0.05) is 19.1 Å². The smallest absolute Gasteiger partial charge is 0.0952 e. The minimum Gasteiger partial charge on any atom is -0.333 e. The Balaban J connectivity index is 2.00. The summed E-state index contributed by atoms with van der Waals surface area (Å²) in [5.74, 6) is 0. The van der Waals surface area contributed by atoms with Gasteiger partial charge in [0, 0.05) is 28.8 Å². The second kappa shape index (κ2) is 6.33. The summed E-state index contributed by atoms with van der Waals surface area (Å²) in [7, 11) is 0. The van der Waals surface area contributed by atoms with E-state index in [2.05, 4.69) is 69.5 Å². The zero-order valence-corrected chi connectivity index (χ0v) is 12.7. The Kier molecular flexibility index (Phi) is 4.77. The molecular formula is C14H18IN3. The van der Waals surface area contributed by atoms with Gasteiger partial charge < -0.3 is 10.3 Å². The monoisotopic (exact) mass is 355 g/mol. The highest BCUT2D eigenvalue weighted by Crippen LogP contribution is 2.09. The van der Waals surface area contributed by atoms with Gasteiger partial charge in [0.05, 0.1) is 12.0 Å². The predicted octanol–water partition coefficient (Wildman–Crippen LogP) is 2.82. The minimum atomic E-state index is 0.214. The van der Waals surface area contributed by atoms with Crippen molar-refractivity contribution in [3.8, 4) is 0 Å². The van der Waals surface area contributed by atoms with Crippen LogP contribution in [-0.4, -0.2) is 15.6 Å². The van der Waals surface area contributed by atoms with Crippen LogP contribution in [0.5, 0.6) is 0 Å². The number of hydrogen-bond donors (Lipinski definition) is 1. The predicted molar refractivity (Wildman–Crippen MR) is 82.5 cm³/mol. The fourth-order valence-corrected chi connectivity index (χ4v) is 2.17. The van der Waals surface area contributed by atoms with Crippen LogP contribution in [0.15, 0.2) is 36.8 Å². The summed E-state index contributed by atoms with van der Waals surface area (Å²) in [6, 6.07) is 8.77. The Bertz CT molecular complexity index is 490. The number of rotatable bonds is 5. The fourth-order valence-electron chi connectivity index (χ4n) is 1.81. The largest absolute Gasteiger partial charge is 0.333 e. The lowest BCUT2D eigenvalue weighted by atomic mass is 10.1. The van der Waals surface area contributed by atoms with E-state index in [4.69, 9.17) is 5.73 Å². The first-order chi connectivity index (χ1) is 8.67. The third kappa shape index (κ3) is 3.81. The van der Waals surface area contributed by atoms with Crippen molar-refractivity contribution >= 4 is 22.6 Å². The van der Waals surface area contributed by atoms with Gasteiger partial charge in [0.25, 0.3) is 0 Å². The lowest BCUT2D eigenvalue weighted by molar-refractivity contribution is 0.638. The molecule has 0 radical (unpaired) electrons. The summed E-state index contributed by atoms with van der Waals surface area (Å²) in [6.45, 7) is 2.97. The van der Waals surface area contributed by atoms with Crippen molar-refractivity contribution in [2.45, 2.75) is 32.4 Å². The molecule has 18 heavy (non-hydrogen) atoms. The number of halogens is 1. The van der Waals surface area contributed by atoms with E-state index in [0.717, 1.165) is 25.1 Å². The number of aromatic nitrogens is 2. The molecule has 2 N–H and O–H groups in total. The normalized spacial score (nSPS) is 12.6. The van der Waals surface area contributed by atoms with Crippen molar-refractivity contribution in [2.24, 2.45) is 5.73 Å². The Labute approximate surface area is 122 Å². The minimum absolute atomic E-state index is 0.214. The van der Waals surface area contributed by atoms with Crippen molar-refractivity contribution in [2.75, 3.05) is 0 Å². The molecule has 0 aliphatic carbocycles. The molecule has 0 aliphatic rings. The zero-order chi connectivity index (χ0) is 13.0. The number of hydrogen-bond acceptors (Lipinski definition) is 2. The van der Waals surface area contributed by atoms with Crippen LogP contribution < -0.4 is 5.73 Å². The summed E-state index contributed by atoms with van der Waals surface area (Å²) in [4.78, 5) is 4.40. The van der Waals surface area contributed by atoms with E-state index >= 15 is 0 Å². The first kappa shape index (κ1) is 13.5. The molecular weight excluding hydrogens is 337 g/mol. The first-order valence-corrected chi connectivity index (χ1v) is 7.26. The number of imidazole rings is 1. The summed E-state index contributed by atoms with van der Waals surface area (Å²) in [5, 5.41) is 0. The van der Waals surface area contributed by atoms with Crippen molar-refractivity contribution < 1.29 is 0 Å². The van der Waals surface area contributed by atoms with Crippen LogP contribution in [0.2, 0.25) is 0 Å². The van der Waals surface area contributed by atoms with Crippen molar-refractivity contribution in [3.05, 3.63) is 51.6 Å². The first-order valence-electron chi connectivity index (χ1n) is 6.18. The van der Waals surface area contributed by atoms with Gasteiger partial charge in [0.2, 0.25) is 0 Å². The van der Waals surface area contributed by atoms with E-state index in [1.807, 2.05) is 6.33 Å². The van der Waals surface area contributed by atoms with Crippen LogP contribution in [0.3, 0.4) is 0 Å². The van der Waals surface area contributed by atoms with Crippen LogP contribution in [0.1, 0.15) is 24.6 Å². The topological polar surface area (TPSA) is 43.8 Å². The second-order valence-corrected chi connectivity index (χ2v) is 5.78. The molecule has 1 aromatic heterocycles. The van der Waals surface area contributed by atoms with Crippen LogP contribution in [0, 0.1) is 3.57 Å². The molecule has 1 aromatic carbocycles. The lowest BCUT2D eigenvalue weighted by Crippen LogP contribution is -2.21. The molecule has 1 atom stereocenters. The Morgan fingerprint density at radius 1 is 1.33 bits per heavy atom. The van der Waals surface area contributed by atoms with E-state index in [9.17, 15) is 0 Å². The van der Waals surface area contributed by atoms with Gasteiger partial charge in [-0.3, -0.25) is 0 Å². The van der Waals surface area contributed by atoms with Gasteiger partial charge >= 0.3 is 0 Å². The fraction of sp³-hybridized carbons (Fsp3) is 0.357. The summed E-state index contributed by atoms with van der Waals surface area (Å²) in [6.07, 6.45) is 5.82. The van der Waals surface area contributed by atoms with Crippen LogP contribution in [0.25, 0.3) is 0 Å². The van der Waals surface area contributed by atoms with Gasteiger partial charge in [-0.05, 0) is 46.7 Å². The van der Waals surface area contributed by atoms with Gasteiger partial charge in [-0.2, -0.15) is 0 Å².